The van der Waals surface area contributed by atoms with Gasteiger partial charge in [0, 0.05) is 28.6 Å². The van der Waals surface area contributed by atoms with Gasteiger partial charge in [-0.1, -0.05) is 34.1 Å². The van der Waals surface area contributed by atoms with E-state index in [1.807, 2.05) is 7.05 Å². The lowest BCUT2D eigenvalue weighted by Crippen LogP contribution is -2.17. The van der Waals surface area contributed by atoms with E-state index in [-0.39, 0.29) is 0 Å². The highest BCUT2D eigenvalue weighted by molar-refractivity contribution is 9.10. The lowest BCUT2D eigenvalue weighted by atomic mass is 10.1. The molecule has 2 aromatic rings. The fraction of sp³-hybridized carbons (Fsp3) is 0.294. The van der Waals surface area contributed by atoms with Crippen molar-refractivity contribution in [3.8, 4) is 0 Å². The smallest absolute Gasteiger partial charge is 0.0511 e. The summed E-state index contributed by atoms with van der Waals surface area (Å²) in [5, 5.41) is 3.26. The third-order valence-electron chi connectivity index (χ3n) is 3.65. The molecular weight excluding hydrogens is 392 g/mol. The van der Waals surface area contributed by atoms with Gasteiger partial charge < -0.3 is 10.2 Å². The van der Waals surface area contributed by atoms with Crippen LogP contribution in [0, 0.1) is 0 Å². The molecule has 112 valence electrons. The van der Waals surface area contributed by atoms with Crippen LogP contribution in [0.5, 0.6) is 0 Å². The van der Waals surface area contributed by atoms with E-state index in [4.69, 9.17) is 0 Å². The second kappa shape index (κ2) is 7.43. The Bertz CT molecular complexity index is 596. The van der Waals surface area contributed by atoms with Crippen LogP contribution in [0.3, 0.4) is 0 Å². The van der Waals surface area contributed by atoms with Gasteiger partial charge in [-0.3, -0.25) is 0 Å². The molecule has 0 aliphatic carbocycles. The van der Waals surface area contributed by atoms with Crippen molar-refractivity contribution in [3.05, 3.63) is 62.5 Å². The average Bonchev–Trinajstić information content (AvgIpc) is 2.48. The van der Waals surface area contributed by atoms with Gasteiger partial charge in [-0.25, -0.2) is 0 Å². The largest absolute Gasteiger partial charge is 0.369 e. The van der Waals surface area contributed by atoms with Gasteiger partial charge in [-0.05, 0) is 65.3 Å². The van der Waals surface area contributed by atoms with Crippen LogP contribution in [0.4, 0.5) is 5.69 Å². The Kier molecular flexibility index (Phi) is 5.85. The van der Waals surface area contributed by atoms with Crippen LogP contribution in [0.15, 0.2) is 51.4 Å². The molecule has 2 rings (SSSR count). The minimum Gasteiger partial charge on any atom is -0.369 e. The number of hydrogen-bond donors (Lipinski definition) is 1. The van der Waals surface area contributed by atoms with Crippen molar-refractivity contribution in [3.63, 3.8) is 0 Å². The maximum Gasteiger partial charge on any atom is 0.0511 e. The van der Waals surface area contributed by atoms with E-state index in [1.54, 1.807) is 0 Å². The molecule has 0 aliphatic rings. The van der Waals surface area contributed by atoms with Crippen molar-refractivity contribution in [1.29, 1.82) is 0 Å². The minimum absolute atomic E-state index is 0.354. The van der Waals surface area contributed by atoms with Crippen molar-refractivity contribution in [1.82, 2.24) is 5.32 Å². The molecule has 0 amide bonds. The normalized spacial score (nSPS) is 12.2. The van der Waals surface area contributed by atoms with Crippen LogP contribution in [-0.2, 0) is 6.54 Å². The molecule has 1 unspecified atom stereocenters. The zero-order valence-corrected chi connectivity index (χ0v) is 15.7. The number of anilines is 1. The zero-order chi connectivity index (χ0) is 15.4. The van der Waals surface area contributed by atoms with Crippen LogP contribution in [0.2, 0.25) is 0 Å². The summed E-state index contributed by atoms with van der Waals surface area (Å²) in [6.07, 6.45) is 0. The molecule has 0 aliphatic heterocycles. The first-order chi connectivity index (χ1) is 10.0. The van der Waals surface area contributed by atoms with Crippen LogP contribution in [0.25, 0.3) is 0 Å². The molecule has 2 aromatic carbocycles. The first-order valence-corrected chi connectivity index (χ1v) is 8.52. The molecule has 0 heterocycles. The van der Waals surface area contributed by atoms with Crippen LogP contribution < -0.4 is 10.2 Å². The Hall–Kier alpha value is -0.840. The highest BCUT2D eigenvalue weighted by Crippen LogP contribution is 2.29. The number of hydrogen-bond acceptors (Lipinski definition) is 2. The lowest BCUT2D eigenvalue weighted by molar-refractivity contribution is 0.652. The van der Waals surface area contributed by atoms with Gasteiger partial charge in [0.1, 0.15) is 0 Å². The molecule has 0 radical (unpaired) electrons. The summed E-state index contributed by atoms with van der Waals surface area (Å²) in [6.45, 7) is 3.04. The van der Waals surface area contributed by atoms with Crippen molar-refractivity contribution < 1.29 is 0 Å². The quantitative estimate of drug-likeness (QED) is 0.733. The van der Waals surface area contributed by atoms with Crippen LogP contribution in [-0.4, -0.2) is 14.1 Å². The fourth-order valence-corrected chi connectivity index (χ4v) is 3.18. The molecule has 0 fully saturated rings. The molecule has 0 spiro atoms. The SMILES string of the molecule is CNC(C)c1ccc(N(C)Cc2ccc(Br)cc2)c(Br)c1. The monoisotopic (exact) mass is 410 g/mol. The summed E-state index contributed by atoms with van der Waals surface area (Å²) >= 11 is 7.16. The molecule has 4 heteroatoms. The summed E-state index contributed by atoms with van der Waals surface area (Å²) < 4.78 is 2.24. The molecule has 1 atom stereocenters. The van der Waals surface area contributed by atoms with E-state index < -0.39 is 0 Å². The molecule has 2 nitrogen and oxygen atoms in total. The standard InChI is InChI=1S/C17H20Br2N2/c1-12(20-2)14-6-9-17(16(19)10-14)21(3)11-13-4-7-15(18)8-5-13/h4-10,12,20H,11H2,1-3H3. The highest BCUT2D eigenvalue weighted by atomic mass is 79.9. The van der Waals surface area contributed by atoms with E-state index in [2.05, 4.69) is 98.5 Å². The topological polar surface area (TPSA) is 15.3 Å². The Balaban J connectivity index is 2.15. The second-order valence-corrected chi connectivity index (χ2v) is 6.97. The number of halogens is 2. The van der Waals surface area contributed by atoms with Gasteiger partial charge in [-0.2, -0.15) is 0 Å². The van der Waals surface area contributed by atoms with Gasteiger partial charge in [-0.15, -0.1) is 0 Å². The number of nitrogens with one attached hydrogen (secondary N) is 1. The van der Waals surface area contributed by atoms with Crippen molar-refractivity contribution in [2.24, 2.45) is 0 Å². The Morgan fingerprint density at radius 2 is 1.76 bits per heavy atom. The van der Waals surface area contributed by atoms with E-state index in [1.165, 1.54) is 16.8 Å². The maximum absolute atomic E-state index is 3.69. The Morgan fingerprint density at radius 3 is 2.33 bits per heavy atom. The Labute approximate surface area is 143 Å². The molecule has 0 aromatic heterocycles. The van der Waals surface area contributed by atoms with Crippen molar-refractivity contribution in [2.75, 3.05) is 19.0 Å². The number of rotatable bonds is 5. The van der Waals surface area contributed by atoms with E-state index in [9.17, 15) is 0 Å². The minimum atomic E-state index is 0.354. The van der Waals surface area contributed by atoms with Gasteiger partial charge in [0.15, 0.2) is 0 Å². The molecule has 21 heavy (non-hydrogen) atoms. The molecule has 1 N–H and O–H groups in total. The highest BCUT2D eigenvalue weighted by Gasteiger charge is 2.10. The zero-order valence-electron chi connectivity index (χ0n) is 12.5. The van der Waals surface area contributed by atoms with Crippen LogP contribution >= 0.6 is 31.9 Å². The average molecular weight is 412 g/mol. The first-order valence-electron chi connectivity index (χ1n) is 6.93. The van der Waals surface area contributed by atoms with E-state index in [0.717, 1.165) is 15.5 Å². The van der Waals surface area contributed by atoms with Gasteiger partial charge in [0.25, 0.3) is 0 Å². The summed E-state index contributed by atoms with van der Waals surface area (Å²) in [6, 6.07) is 15.3. The van der Waals surface area contributed by atoms with Crippen molar-refractivity contribution in [2.45, 2.75) is 19.5 Å². The summed E-state index contributed by atoms with van der Waals surface area (Å²) in [7, 11) is 4.09. The van der Waals surface area contributed by atoms with E-state index >= 15 is 0 Å². The number of nitrogens with zero attached hydrogens (tertiary/aromatic N) is 1. The predicted octanol–water partition coefficient (Wildman–Crippen LogP) is 5.13. The van der Waals surface area contributed by atoms with Gasteiger partial charge in [0.2, 0.25) is 0 Å². The Morgan fingerprint density at radius 1 is 1.10 bits per heavy atom. The first kappa shape index (κ1) is 16.5. The van der Waals surface area contributed by atoms with E-state index in [0.29, 0.717) is 6.04 Å². The third-order valence-corrected chi connectivity index (χ3v) is 4.81. The molecule has 0 bridgehead atoms. The van der Waals surface area contributed by atoms with Gasteiger partial charge >= 0.3 is 0 Å². The molecule has 0 saturated heterocycles. The summed E-state index contributed by atoms with van der Waals surface area (Å²) in [5.74, 6) is 0. The molecular formula is C17H20Br2N2. The summed E-state index contributed by atoms with van der Waals surface area (Å²) in [5.41, 5.74) is 3.77. The molecule has 0 saturated carbocycles. The maximum atomic E-state index is 3.69. The van der Waals surface area contributed by atoms with Gasteiger partial charge in [0.05, 0.1) is 5.69 Å². The summed E-state index contributed by atoms with van der Waals surface area (Å²) in [4.78, 5) is 2.25. The second-order valence-electron chi connectivity index (χ2n) is 5.20. The predicted molar refractivity (Wildman–Crippen MR) is 97.9 cm³/mol. The third kappa shape index (κ3) is 4.31. The number of benzene rings is 2. The fourth-order valence-electron chi connectivity index (χ4n) is 2.22. The van der Waals surface area contributed by atoms with Crippen LogP contribution in [0.1, 0.15) is 24.1 Å². The van der Waals surface area contributed by atoms with Crippen molar-refractivity contribution >= 4 is 37.5 Å². The lowest BCUT2D eigenvalue weighted by Gasteiger charge is -2.22.